The third-order valence-corrected chi connectivity index (χ3v) is 4.29. The van der Waals surface area contributed by atoms with Crippen LogP contribution in [0.3, 0.4) is 0 Å². The van der Waals surface area contributed by atoms with Crippen LogP contribution in [0.4, 0.5) is 5.82 Å². The van der Waals surface area contributed by atoms with Crippen LogP contribution in [0.5, 0.6) is 0 Å². The maximum atomic E-state index is 12.1. The number of likely N-dealkylation sites (N-methyl/N-ethyl adjacent to an activating group) is 1. The van der Waals surface area contributed by atoms with Gasteiger partial charge in [-0.2, -0.15) is 0 Å². The van der Waals surface area contributed by atoms with Crippen molar-refractivity contribution in [1.82, 2.24) is 20.3 Å². The quantitative estimate of drug-likeness (QED) is 0.888. The summed E-state index contributed by atoms with van der Waals surface area (Å²) in [6, 6.07) is 3.60. The average molecular weight is 360 g/mol. The lowest BCUT2D eigenvalue weighted by molar-refractivity contribution is -0.120. The Labute approximate surface area is 152 Å². The summed E-state index contributed by atoms with van der Waals surface area (Å²) in [6.07, 6.45) is 4.55. The van der Waals surface area contributed by atoms with E-state index in [0.717, 1.165) is 36.3 Å². The molecule has 2 heterocycles. The molecule has 0 unspecified atom stereocenters. The van der Waals surface area contributed by atoms with Crippen LogP contribution in [-0.4, -0.2) is 40.5 Å². The molecule has 1 N–H and O–H groups in total. The minimum Gasteiger partial charge on any atom is -0.352 e. The highest BCUT2D eigenvalue weighted by Gasteiger charge is 2.23. The first-order chi connectivity index (χ1) is 11.9. The summed E-state index contributed by atoms with van der Waals surface area (Å²) in [5, 5.41) is 3.51. The van der Waals surface area contributed by atoms with Gasteiger partial charge in [0.05, 0.1) is 6.54 Å². The zero-order valence-electron chi connectivity index (χ0n) is 14.7. The molecule has 132 valence electrons. The molecule has 0 bridgehead atoms. The van der Waals surface area contributed by atoms with Crippen molar-refractivity contribution in [2.75, 3.05) is 18.5 Å². The van der Waals surface area contributed by atoms with Crippen LogP contribution < -0.4 is 10.2 Å². The predicted octanol–water partition coefficient (Wildman–Crippen LogP) is 2.64. The zero-order valence-corrected chi connectivity index (χ0v) is 15.5. The van der Waals surface area contributed by atoms with Crippen LogP contribution in [0.25, 0.3) is 11.5 Å². The van der Waals surface area contributed by atoms with E-state index in [0.29, 0.717) is 16.5 Å². The normalized spacial score (nSPS) is 13.0. The van der Waals surface area contributed by atoms with Gasteiger partial charge in [-0.15, -0.1) is 0 Å². The first-order valence-corrected chi connectivity index (χ1v) is 8.84. The van der Waals surface area contributed by atoms with Crippen molar-refractivity contribution < 1.29 is 4.79 Å². The van der Waals surface area contributed by atoms with Gasteiger partial charge >= 0.3 is 0 Å². The molecule has 7 heteroatoms. The minimum atomic E-state index is -0.0229. The number of aryl methyl sites for hydroxylation is 1. The summed E-state index contributed by atoms with van der Waals surface area (Å²) in [6.45, 7) is 4.15. The number of aromatic nitrogens is 3. The molecule has 2 aromatic rings. The van der Waals surface area contributed by atoms with Gasteiger partial charge in [0, 0.05) is 35.6 Å². The maximum absolute atomic E-state index is 12.1. The molecule has 0 spiro atoms. The number of nitrogens with zero attached hydrogens (tertiary/aromatic N) is 4. The van der Waals surface area contributed by atoms with Crippen LogP contribution in [0.15, 0.2) is 18.3 Å². The van der Waals surface area contributed by atoms with E-state index in [1.165, 1.54) is 0 Å². The number of halogens is 1. The lowest BCUT2D eigenvalue weighted by Gasteiger charge is -2.22. The molecular weight excluding hydrogens is 338 g/mol. The van der Waals surface area contributed by atoms with Gasteiger partial charge in [0.1, 0.15) is 11.5 Å². The number of hydrogen-bond donors (Lipinski definition) is 1. The summed E-state index contributed by atoms with van der Waals surface area (Å²) < 4.78 is 0. The van der Waals surface area contributed by atoms with Crippen LogP contribution in [-0.2, 0) is 17.6 Å². The standard InChI is InChI=1S/C18H22ClN5O/c1-11(2)21-16(25)10-24(3)18-13-5-4-6-14(13)22-17(23-18)15-9-12(19)7-8-20-15/h7-9,11H,4-6,10H2,1-3H3,(H,21,25). The number of carbonyl (C=O) groups is 1. The summed E-state index contributed by atoms with van der Waals surface area (Å²) in [5.74, 6) is 1.33. The Morgan fingerprint density at radius 1 is 1.36 bits per heavy atom. The van der Waals surface area contributed by atoms with Gasteiger partial charge in [-0.3, -0.25) is 9.78 Å². The van der Waals surface area contributed by atoms with Gasteiger partial charge in [-0.25, -0.2) is 9.97 Å². The van der Waals surface area contributed by atoms with E-state index in [1.807, 2.05) is 25.8 Å². The molecule has 2 aromatic heterocycles. The van der Waals surface area contributed by atoms with Crippen LogP contribution in [0.1, 0.15) is 31.5 Å². The lowest BCUT2D eigenvalue weighted by Crippen LogP contribution is -2.39. The van der Waals surface area contributed by atoms with Crippen LogP contribution in [0, 0.1) is 0 Å². The van der Waals surface area contributed by atoms with E-state index >= 15 is 0 Å². The van der Waals surface area contributed by atoms with Crippen molar-refractivity contribution in [3.8, 4) is 11.5 Å². The van der Waals surface area contributed by atoms with Gasteiger partial charge in [-0.05, 0) is 45.2 Å². The first kappa shape index (κ1) is 17.6. The molecule has 1 amide bonds. The summed E-state index contributed by atoms with van der Waals surface area (Å²) in [7, 11) is 1.88. The number of amides is 1. The SMILES string of the molecule is CC(C)NC(=O)CN(C)c1nc(-c2cc(Cl)ccn2)nc2c1CCC2. The third kappa shape index (κ3) is 4.07. The monoisotopic (exact) mass is 359 g/mol. The molecule has 0 radical (unpaired) electrons. The molecule has 0 saturated heterocycles. The minimum absolute atomic E-state index is 0.0229. The molecule has 0 saturated carbocycles. The fraction of sp³-hybridized carbons (Fsp3) is 0.444. The number of pyridine rings is 1. The van der Waals surface area contributed by atoms with Crippen molar-refractivity contribution in [1.29, 1.82) is 0 Å². The number of anilines is 1. The Bertz CT molecular complexity index is 793. The molecule has 1 aliphatic carbocycles. The Hall–Kier alpha value is -2.21. The number of rotatable bonds is 5. The molecule has 1 aliphatic rings. The Morgan fingerprint density at radius 2 is 2.16 bits per heavy atom. The van der Waals surface area contributed by atoms with Crippen molar-refractivity contribution in [2.45, 2.75) is 39.2 Å². The van der Waals surface area contributed by atoms with E-state index < -0.39 is 0 Å². The third-order valence-electron chi connectivity index (χ3n) is 4.05. The second kappa shape index (κ2) is 7.35. The van der Waals surface area contributed by atoms with Gasteiger partial charge < -0.3 is 10.2 Å². The van der Waals surface area contributed by atoms with Crippen molar-refractivity contribution in [2.24, 2.45) is 0 Å². The molecule has 0 atom stereocenters. The van der Waals surface area contributed by atoms with Crippen molar-refractivity contribution in [3.63, 3.8) is 0 Å². The van der Waals surface area contributed by atoms with Gasteiger partial charge in [0.2, 0.25) is 5.91 Å². The molecular formula is C18H22ClN5O. The number of carbonyl (C=O) groups excluding carboxylic acids is 1. The Balaban J connectivity index is 1.94. The maximum Gasteiger partial charge on any atom is 0.239 e. The smallest absolute Gasteiger partial charge is 0.239 e. The molecule has 0 fully saturated rings. The van der Waals surface area contributed by atoms with Gasteiger partial charge in [-0.1, -0.05) is 11.6 Å². The molecule has 0 aliphatic heterocycles. The van der Waals surface area contributed by atoms with Crippen molar-refractivity contribution in [3.05, 3.63) is 34.6 Å². The highest BCUT2D eigenvalue weighted by Crippen LogP contribution is 2.30. The fourth-order valence-corrected chi connectivity index (χ4v) is 3.19. The summed E-state index contributed by atoms with van der Waals surface area (Å²) in [4.78, 5) is 27.7. The van der Waals surface area contributed by atoms with Crippen molar-refractivity contribution >= 4 is 23.3 Å². The number of fused-ring (bicyclic) bond motifs is 1. The number of nitrogens with one attached hydrogen (secondary N) is 1. The molecule has 0 aromatic carbocycles. The average Bonchev–Trinajstić information content (AvgIpc) is 3.01. The van der Waals surface area contributed by atoms with Gasteiger partial charge in [0.25, 0.3) is 0 Å². The largest absolute Gasteiger partial charge is 0.352 e. The van der Waals surface area contributed by atoms with Gasteiger partial charge in [0.15, 0.2) is 5.82 Å². The predicted molar refractivity (Wildman–Crippen MR) is 98.8 cm³/mol. The highest BCUT2D eigenvalue weighted by atomic mass is 35.5. The lowest BCUT2D eigenvalue weighted by atomic mass is 10.2. The van der Waals surface area contributed by atoms with E-state index in [9.17, 15) is 4.79 Å². The zero-order chi connectivity index (χ0) is 18.0. The molecule has 6 nitrogen and oxygen atoms in total. The highest BCUT2D eigenvalue weighted by molar-refractivity contribution is 6.30. The molecule has 3 rings (SSSR count). The van der Waals surface area contributed by atoms with Crippen LogP contribution in [0.2, 0.25) is 5.02 Å². The second-order valence-electron chi connectivity index (χ2n) is 6.59. The number of hydrogen-bond acceptors (Lipinski definition) is 5. The topological polar surface area (TPSA) is 71.0 Å². The van der Waals surface area contributed by atoms with E-state index in [-0.39, 0.29) is 18.5 Å². The second-order valence-corrected chi connectivity index (χ2v) is 7.02. The van der Waals surface area contributed by atoms with E-state index in [2.05, 4.69) is 15.3 Å². The Kier molecular flexibility index (Phi) is 5.18. The van der Waals surface area contributed by atoms with E-state index in [1.54, 1.807) is 18.3 Å². The summed E-state index contributed by atoms with van der Waals surface area (Å²) in [5.41, 5.74) is 2.81. The van der Waals surface area contributed by atoms with Crippen LogP contribution >= 0.6 is 11.6 Å². The molecule has 25 heavy (non-hydrogen) atoms. The summed E-state index contributed by atoms with van der Waals surface area (Å²) >= 11 is 6.07. The Morgan fingerprint density at radius 3 is 2.88 bits per heavy atom. The van der Waals surface area contributed by atoms with E-state index in [4.69, 9.17) is 16.6 Å². The first-order valence-electron chi connectivity index (χ1n) is 8.46. The fourth-order valence-electron chi connectivity index (χ4n) is 3.03.